The third kappa shape index (κ3) is 4.30. The number of carbonyl (C=O) groups is 1. The predicted molar refractivity (Wildman–Crippen MR) is 120 cm³/mol. The van der Waals surface area contributed by atoms with Crippen LogP contribution in [0.5, 0.6) is 0 Å². The van der Waals surface area contributed by atoms with Crippen LogP contribution in [-0.2, 0) is 32.7 Å². The van der Waals surface area contributed by atoms with E-state index in [0.717, 1.165) is 12.1 Å². The number of hydrogen-bond acceptors (Lipinski definition) is 4. The second-order valence-electron chi connectivity index (χ2n) is 7.43. The van der Waals surface area contributed by atoms with Crippen molar-refractivity contribution in [2.75, 3.05) is 5.32 Å². The highest BCUT2D eigenvalue weighted by Gasteiger charge is 2.24. The van der Waals surface area contributed by atoms with Crippen molar-refractivity contribution in [3.8, 4) is 0 Å². The minimum atomic E-state index is -0.452. The molecular formula is C23H31N3O4. The van der Waals surface area contributed by atoms with Crippen molar-refractivity contribution in [1.82, 2.24) is 4.57 Å². The van der Waals surface area contributed by atoms with Crippen LogP contribution >= 0.6 is 0 Å². The molecule has 7 nitrogen and oxygen atoms in total. The van der Waals surface area contributed by atoms with Gasteiger partial charge in [-0.05, 0) is 43.7 Å². The lowest BCUT2D eigenvalue weighted by Crippen LogP contribution is -2.31. The Balaban J connectivity index is 2.67. The summed E-state index contributed by atoms with van der Waals surface area (Å²) in [5, 5.41) is 14.2. The van der Waals surface area contributed by atoms with Crippen LogP contribution in [0, 0.1) is 17.0 Å². The quantitative estimate of drug-likeness (QED) is 0.509. The van der Waals surface area contributed by atoms with Crippen LogP contribution < -0.4 is 10.7 Å². The number of anilines is 1. The lowest BCUT2D eigenvalue weighted by molar-refractivity contribution is -0.385. The number of pyridine rings is 1. The first-order chi connectivity index (χ1) is 14.2. The lowest BCUT2D eigenvalue weighted by atomic mass is 9.99. The van der Waals surface area contributed by atoms with E-state index in [4.69, 9.17) is 0 Å². The Morgan fingerprint density at radius 3 is 2.10 bits per heavy atom. The number of rotatable bonds is 8. The molecule has 0 unspecified atom stereocenters. The van der Waals surface area contributed by atoms with Crippen LogP contribution in [0.15, 0.2) is 16.9 Å². The molecule has 162 valence electrons. The molecule has 1 heterocycles. The lowest BCUT2D eigenvalue weighted by Gasteiger charge is -2.20. The number of nitrogens with one attached hydrogen (secondary N) is 1. The highest BCUT2D eigenvalue weighted by Crippen LogP contribution is 2.29. The van der Waals surface area contributed by atoms with Crippen LogP contribution in [0.2, 0.25) is 0 Å². The van der Waals surface area contributed by atoms with Gasteiger partial charge in [0.15, 0.2) is 5.43 Å². The van der Waals surface area contributed by atoms with Gasteiger partial charge in [0.25, 0.3) is 11.6 Å². The molecule has 2 rings (SSSR count). The molecule has 30 heavy (non-hydrogen) atoms. The highest BCUT2D eigenvalue weighted by atomic mass is 16.6. The van der Waals surface area contributed by atoms with Crippen molar-refractivity contribution in [2.24, 2.45) is 7.05 Å². The fraction of sp³-hybridized carbons (Fsp3) is 0.478. The fourth-order valence-electron chi connectivity index (χ4n) is 3.95. The molecule has 0 aliphatic carbocycles. The number of non-ortho nitro benzene ring substituents is 1. The number of nitro groups is 1. The Morgan fingerprint density at radius 2 is 1.67 bits per heavy atom. The molecule has 2 aromatic rings. The van der Waals surface area contributed by atoms with Crippen LogP contribution in [0.1, 0.15) is 72.6 Å². The number of benzene rings is 1. The number of nitrogens with zero attached hydrogens (tertiary/aromatic N) is 2. The Morgan fingerprint density at radius 1 is 1.10 bits per heavy atom. The van der Waals surface area contributed by atoms with Crippen molar-refractivity contribution in [3.63, 3.8) is 0 Å². The van der Waals surface area contributed by atoms with Gasteiger partial charge in [0.05, 0.1) is 4.92 Å². The first kappa shape index (κ1) is 23.3. The predicted octanol–water partition coefficient (Wildman–Crippen LogP) is 4.49. The summed E-state index contributed by atoms with van der Waals surface area (Å²) >= 11 is 0. The van der Waals surface area contributed by atoms with Gasteiger partial charge < -0.3 is 9.88 Å². The van der Waals surface area contributed by atoms with E-state index in [1.807, 2.05) is 46.2 Å². The summed E-state index contributed by atoms with van der Waals surface area (Å²) in [5.41, 5.74) is 4.12. The van der Waals surface area contributed by atoms with E-state index in [1.54, 1.807) is 0 Å². The molecule has 0 atom stereocenters. The first-order valence-electron chi connectivity index (χ1n) is 10.5. The molecule has 0 saturated carbocycles. The third-order valence-electron chi connectivity index (χ3n) is 5.70. The normalized spacial score (nSPS) is 10.9. The molecule has 0 bridgehead atoms. The van der Waals surface area contributed by atoms with Crippen molar-refractivity contribution in [3.05, 3.63) is 66.1 Å². The standard InChI is InChI=1S/C23H31N3O4/c1-7-11-19-20(22(27)18(10-4)14(5)25(19)6)23(28)24-21-15(8-2)12-17(26(29)30)13-16(21)9-3/h12-13H,7-11H2,1-6H3,(H,24,28). The average molecular weight is 414 g/mol. The van der Waals surface area contributed by atoms with Crippen molar-refractivity contribution in [2.45, 2.75) is 66.7 Å². The summed E-state index contributed by atoms with van der Waals surface area (Å²) < 4.78 is 1.94. The van der Waals surface area contributed by atoms with Gasteiger partial charge in [-0.3, -0.25) is 19.7 Å². The molecule has 0 radical (unpaired) electrons. The van der Waals surface area contributed by atoms with E-state index in [0.29, 0.717) is 53.8 Å². The summed E-state index contributed by atoms with van der Waals surface area (Å²) in [7, 11) is 1.89. The van der Waals surface area contributed by atoms with Crippen molar-refractivity contribution >= 4 is 17.3 Å². The van der Waals surface area contributed by atoms with E-state index in [-0.39, 0.29) is 16.7 Å². The molecule has 0 spiro atoms. The van der Waals surface area contributed by atoms with Crippen LogP contribution in [0.25, 0.3) is 0 Å². The van der Waals surface area contributed by atoms with Gasteiger partial charge in [-0.15, -0.1) is 0 Å². The van der Waals surface area contributed by atoms with Crippen LogP contribution in [0.3, 0.4) is 0 Å². The van der Waals surface area contributed by atoms with Gasteiger partial charge in [0.1, 0.15) is 5.56 Å². The molecule has 0 aliphatic rings. The second kappa shape index (κ2) is 9.69. The number of carbonyl (C=O) groups excluding carboxylic acids is 1. The maximum atomic E-state index is 13.4. The number of nitro benzene ring substituents is 1. The fourth-order valence-corrected chi connectivity index (χ4v) is 3.95. The smallest absolute Gasteiger partial charge is 0.270 e. The molecule has 0 saturated heterocycles. The molecule has 1 aromatic heterocycles. The largest absolute Gasteiger partial charge is 0.351 e. The highest BCUT2D eigenvalue weighted by molar-refractivity contribution is 6.06. The van der Waals surface area contributed by atoms with E-state index in [1.165, 1.54) is 12.1 Å². The summed E-state index contributed by atoms with van der Waals surface area (Å²) in [6, 6.07) is 2.99. The number of aryl methyl sites for hydroxylation is 2. The van der Waals surface area contributed by atoms with Crippen molar-refractivity contribution in [1.29, 1.82) is 0 Å². The molecule has 0 aliphatic heterocycles. The first-order valence-corrected chi connectivity index (χ1v) is 10.5. The Kier molecular flexibility index (Phi) is 7.54. The monoisotopic (exact) mass is 413 g/mol. The molecule has 1 N–H and O–H groups in total. The van der Waals surface area contributed by atoms with Gasteiger partial charge in [-0.2, -0.15) is 0 Å². The zero-order valence-electron chi connectivity index (χ0n) is 18.7. The van der Waals surface area contributed by atoms with Gasteiger partial charge in [-0.25, -0.2) is 0 Å². The number of hydrogen-bond donors (Lipinski definition) is 1. The molecule has 7 heteroatoms. The van der Waals surface area contributed by atoms with Gasteiger partial charge >= 0.3 is 0 Å². The number of amides is 1. The van der Waals surface area contributed by atoms with E-state index < -0.39 is 10.8 Å². The Hall–Kier alpha value is -2.96. The maximum absolute atomic E-state index is 13.4. The minimum absolute atomic E-state index is 0.00731. The van der Waals surface area contributed by atoms with Crippen molar-refractivity contribution < 1.29 is 9.72 Å². The van der Waals surface area contributed by atoms with Gasteiger partial charge in [0, 0.05) is 41.8 Å². The SMILES string of the molecule is CCCc1c(C(=O)Nc2c(CC)cc([N+](=O)[O-])cc2CC)c(=O)c(CC)c(C)n1C. The van der Waals surface area contributed by atoms with Gasteiger partial charge in [-0.1, -0.05) is 34.1 Å². The Bertz CT molecular complexity index is 1010. The maximum Gasteiger partial charge on any atom is 0.270 e. The average Bonchev–Trinajstić information content (AvgIpc) is 2.72. The minimum Gasteiger partial charge on any atom is -0.351 e. The van der Waals surface area contributed by atoms with Gasteiger partial charge in [0.2, 0.25) is 0 Å². The second-order valence-corrected chi connectivity index (χ2v) is 7.43. The van der Waals surface area contributed by atoms with E-state index in [2.05, 4.69) is 5.32 Å². The Labute approximate surface area is 177 Å². The molecule has 0 fully saturated rings. The zero-order chi connectivity index (χ0) is 22.6. The van der Waals surface area contributed by atoms with Crippen LogP contribution in [0.4, 0.5) is 11.4 Å². The summed E-state index contributed by atoms with van der Waals surface area (Å²) in [5.74, 6) is -0.452. The summed E-state index contributed by atoms with van der Waals surface area (Å²) in [6.07, 6.45) is 3.01. The topological polar surface area (TPSA) is 94.2 Å². The molecule has 1 aromatic carbocycles. The third-order valence-corrected chi connectivity index (χ3v) is 5.70. The summed E-state index contributed by atoms with van der Waals surface area (Å²) in [6.45, 7) is 9.59. The van der Waals surface area contributed by atoms with E-state index >= 15 is 0 Å². The number of aromatic nitrogens is 1. The molecular weight excluding hydrogens is 382 g/mol. The van der Waals surface area contributed by atoms with E-state index in [9.17, 15) is 19.7 Å². The zero-order valence-corrected chi connectivity index (χ0v) is 18.7. The summed E-state index contributed by atoms with van der Waals surface area (Å²) in [4.78, 5) is 37.4. The molecule has 1 amide bonds. The van der Waals surface area contributed by atoms with Crippen LogP contribution in [-0.4, -0.2) is 15.4 Å².